The van der Waals surface area contributed by atoms with Crippen LogP contribution in [0.25, 0.3) is 0 Å². The van der Waals surface area contributed by atoms with Gasteiger partial charge in [-0.1, -0.05) is 12.8 Å². The summed E-state index contributed by atoms with van der Waals surface area (Å²) in [6, 6.07) is 2.30. The molecule has 2 nitrogen and oxygen atoms in total. The van der Waals surface area contributed by atoms with Gasteiger partial charge in [0.15, 0.2) is 0 Å². The molecule has 2 rings (SSSR count). The zero-order chi connectivity index (χ0) is 10.8. The van der Waals surface area contributed by atoms with E-state index in [-0.39, 0.29) is 0 Å². The molecule has 0 spiro atoms. The minimum Gasteiger partial charge on any atom is -0.315 e. The smallest absolute Gasteiger partial charge is 0.0249 e. The molecule has 3 atom stereocenters. The zero-order valence-electron chi connectivity index (χ0n) is 10.5. The second-order valence-corrected chi connectivity index (χ2v) is 5.49. The van der Waals surface area contributed by atoms with Crippen molar-refractivity contribution in [2.45, 2.75) is 63.6 Å². The van der Waals surface area contributed by atoms with Crippen molar-refractivity contribution in [3.05, 3.63) is 0 Å². The molecule has 2 aliphatic rings. The van der Waals surface area contributed by atoms with Crippen LogP contribution >= 0.6 is 0 Å². The van der Waals surface area contributed by atoms with Gasteiger partial charge in [0, 0.05) is 18.1 Å². The Morgan fingerprint density at radius 2 is 1.80 bits per heavy atom. The van der Waals surface area contributed by atoms with Gasteiger partial charge in [0.25, 0.3) is 0 Å². The van der Waals surface area contributed by atoms with Crippen molar-refractivity contribution in [1.29, 1.82) is 0 Å². The Kier molecular flexibility index (Phi) is 3.68. The van der Waals surface area contributed by atoms with Gasteiger partial charge in [0.05, 0.1) is 0 Å². The Balaban J connectivity index is 1.93. The first-order valence-electron chi connectivity index (χ1n) is 6.63. The molecule has 2 fully saturated rings. The van der Waals surface area contributed by atoms with E-state index in [9.17, 15) is 0 Å². The maximum absolute atomic E-state index is 3.51. The number of likely N-dealkylation sites (N-methyl/N-ethyl adjacent to an activating group) is 2. The van der Waals surface area contributed by atoms with Crippen LogP contribution in [0.1, 0.15) is 45.4 Å². The summed E-state index contributed by atoms with van der Waals surface area (Å²) in [5.74, 6) is 0.995. The van der Waals surface area contributed by atoms with E-state index in [1.54, 1.807) is 0 Å². The van der Waals surface area contributed by atoms with Crippen molar-refractivity contribution in [3.8, 4) is 0 Å². The van der Waals surface area contributed by atoms with E-state index in [0.29, 0.717) is 0 Å². The fourth-order valence-electron chi connectivity index (χ4n) is 3.15. The van der Waals surface area contributed by atoms with E-state index in [2.05, 4.69) is 31.2 Å². The first-order valence-corrected chi connectivity index (χ1v) is 6.63. The average molecular weight is 210 g/mol. The van der Waals surface area contributed by atoms with Crippen LogP contribution in [0, 0.1) is 5.92 Å². The molecule has 2 heteroatoms. The van der Waals surface area contributed by atoms with Gasteiger partial charge in [-0.2, -0.15) is 0 Å². The fraction of sp³-hybridized carbons (Fsp3) is 1.00. The molecule has 0 aromatic heterocycles. The highest BCUT2D eigenvalue weighted by molar-refractivity contribution is 4.92. The minimum absolute atomic E-state index is 0.727. The lowest BCUT2D eigenvalue weighted by Crippen LogP contribution is -2.52. The van der Waals surface area contributed by atoms with Gasteiger partial charge in [-0.15, -0.1) is 0 Å². The molecule has 2 saturated carbocycles. The Morgan fingerprint density at radius 1 is 1.13 bits per heavy atom. The summed E-state index contributed by atoms with van der Waals surface area (Å²) < 4.78 is 0. The maximum atomic E-state index is 3.51. The summed E-state index contributed by atoms with van der Waals surface area (Å²) in [5.41, 5.74) is 0. The molecule has 0 aliphatic heterocycles. The van der Waals surface area contributed by atoms with Gasteiger partial charge < -0.3 is 5.32 Å². The number of nitrogens with zero attached hydrogens (tertiary/aromatic N) is 1. The van der Waals surface area contributed by atoms with E-state index in [0.717, 1.165) is 24.0 Å². The van der Waals surface area contributed by atoms with Gasteiger partial charge in [0.2, 0.25) is 0 Å². The lowest BCUT2D eigenvalue weighted by Gasteiger charge is -2.41. The normalized spacial score (nSPS) is 34.4. The van der Waals surface area contributed by atoms with Gasteiger partial charge in [0.1, 0.15) is 0 Å². The van der Waals surface area contributed by atoms with Crippen molar-refractivity contribution in [1.82, 2.24) is 10.2 Å². The highest BCUT2D eigenvalue weighted by Crippen LogP contribution is 2.36. The highest BCUT2D eigenvalue weighted by Gasteiger charge is 2.36. The predicted molar refractivity (Wildman–Crippen MR) is 65.1 cm³/mol. The summed E-state index contributed by atoms with van der Waals surface area (Å²) in [7, 11) is 4.46. The molecule has 1 N–H and O–H groups in total. The summed E-state index contributed by atoms with van der Waals surface area (Å²) in [4.78, 5) is 2.65. The Morgan fingerprint density at radius 3 is 2.40 bits per heavy atom. The fourth-order valence-corrected chi connectivity index (χ4v) is 3.15. The SMILES string of the molecule is CNC1CCCCC1N(C)C(C)C1CC1. The van der Waals surface area contributed by atoms with Crippen molar-refractivity contribution in [2.24, 2.45) is 5.92 Å². The highest BCUT2D eigenvalue weighted by atomic mass is 15.2. The van der Waals surface area contributed by atoms with Crippen LogP contribution < -0.4 is 5.32 Å². The number of nitrogens with one attached hydrogen (secondary N) is 1. The Labute approximate surface area is 94.4 Å². The van der Waals surface area contributed by atoms with Gasteiger partial charge in [-0.25, -0.2) is 0 Å². The molecule has 0 aromatic rings. The monoisotopic (exact) mass is 210 g/mol. The third-order valence-corrected chi connectivity index (χ3v) is 4.57. The molecule has 3 unspecified atom stereocenters. The van der Waals surface area contributed by atoms with Crippen molar-refractivity contribution < 1.29 is 0 Å². The van der Waals surface area contributed by atoms with Crippen LogP contribution in [0.4, 0.5) is 0 Å². The topological polar surface area (TPSA) is 15.3 Å². The van der Waals surface area contributed by atoms with E-state index in [4.69, 9.17) is 0 Å². The third kappa shape index (κ3) is 2.54. The maximum Gasteiger partial charge on any atom is 0.0249 e. The third-order valence-electron chi connectivity index (χ3n) is 4.57. The summed E-state index contributed by atoms with van der Waals surface area (Å²) in [5, 5.41) is 3.51. The standard InChI is InChI=1S/C13H26N2/c1-10(11-8-9-11)15(3)13-7-5-4-6-12(13)14-2/h10-14H,4-9H2,1-3H3. The van der Waals surface area contributed by atoms with Gasteiger partial charge >= 0.3 is 0 Å². The number of hydrogen-bond acceptors (Lipinski definition) is 2. The largest absolute Gasteiger partial charge is 0.315 e. The van der Waals surface area contributed by atoms with E-state index in [1.165, 1.54) is 38.5 Å². The van der Waals surface area contributed by atoms with E-state index in [1.807, 2.05) is 0 Å². The van der Waals surface area contributed by atoms with Crippen molar-refractivity contribution >= 4 is 0 Å². The molecule has 88 valence electrons. The first kappa shape index (κ1) is 11.4. The quantitative estimate of drug-likeness (QED) is 0.765. The molecule has 0 heterocycles. The van der Waals surface area contributed by atoms with Crippen LogP contribution in [-0.4, -0.2) is 37.1 Å². The van der Waals surface area contributed by atoms with Crippen LogP contribution in [0.15, 0.2) is 0 Å². The molecule has 0 aromatic carbocycles. The summed E-state index contributed by atoms with van der Waals surface area (Å²) in [6.45, 7) is 2.42. The van der Waals surface area contributed by atoms with Gasteiger partial charge in [-0.05, 0) is 52.6 Å². The zero-order valence-corrected chi connectivity index (χ0v) is 10.5. The van der Waals surface area contributed by atoms with E-state index >= 15 is 0 Å². The Hall–Kier alpha value is -0.0800. The second kappa shape index (κ2) is 4.84. The molecule has 0 saturated heterocycles. The first-order chi connectivity index (χ1) is 7.24. The van der Waals surface area contributed by atoms with Crippen LogP contribution in [-0.2, 0) is 0 Å². The molecular formula is C13H26N2. The molecule has 0 bridgehead atoms. The van der Waals surface area contributed by atoms with E-state index < -0.39 is 0 Å². The molecule has 0 radical (unpaired) electrons. The summed E-state index contributed by atoms with van der Waals surface area (Å²) in [6.07, 6.45) is 8.51. The van der Waals surface area contributed by atoms with Gasteiger partial charge in [-0.3, -0.25) is 4.90 Å². The van der Waals surface area contributed by atoms with Crippen LogP contribution in [0.3, 0.4) is 0 Å². The van der Waals surface area contributed by atoms with Crippen LogP contribution in [0.5, 0.6) is 0 Å². The molecule has 2 aliphatic carbocycles. The average Bonchev–Trinajstić information content (AvgIpc) is 3.11. The minimum atomic E-state index is 0.727. The lowest BCUT2D eigenvalue weighted by atomic mass is 9.88. The molecule has 15 heavy (non-hydrogen) atoms. The molecular weight excluding hydrogens is 184 g/mol. The predicted octanol–water partition coefficient (Wildman–Crippen LogP) is 2.25. The Bertz CT molecular complexity index is 201. The van der Waals surface area contributed by atoms with Crippen molar-refractivity contribution in [2.75, 3.05) is 14.1 Å². The molecule has 0 amide bonds. The number of hydrogen-bond donors (Lipinski definition) is 1. The number of rotatable bonds is 4. The summed E-state index contributed by atoms with van der Waals surface area (Å²) >= 11 is 0. The van der Waals surface area contributed by atoms with Crippen LogP contribution in [0.2, 0.25) is 0 Å². The van der Waals surface area contributed by atoms with Crippen molar-refractivity contribution in [3.63, 3.8) is 0 Å². The second-order valence-electron chi connectivity index (χ2n) is 5.49. The lowest BCUT2D eigenvalue weighted by molar-refractivity contribution is 0.106.